The third-order valence-electron chi connectivity index (χ3n) is 2.87. The van der Waals surface area contributed by atoms with Crippen LogP contribution in [0.3, 0.4) is 0 Å². The van der Waals surface area contributed by atoms with Crippen LogP contribution < -0.4 is 5.32 Å². The van der Waals surface area contributed by atoms with E-state index in [4.69, 9.17) is 9.68 Å². The Kier molecular flexibility index (Phi) is 3.70. The summed E-state index contributed by atoms with van der Waals surface area (Å²) in [6.07, 6.45) is -1.60. The summed E-state index contributed by atoms with van der Waals surface area (Å²) in [6, 6.07) is 6.48. The largest absolute Gasteiger partial charge is 0.472 e. The SMILES string of the molecule is CC(Nc1ccc(C#N)cc1C(F)(F)F)c1ccoc1. The van der Waals surface area contributed by atoms with Crippen molar-refractivity contribution in [2.24, 2.45) is 0 Å². The Balaban J connectivity index is 2.34. The molecule has 2 rings (SSSR count). The summed E-state index contributed by atoms with van der Waals surface area (Å²) in [4.78, 5) is 0. The van der Waals surface area contributed by atoms with Gasteiger partial charge in [0.05, 0.1) is 35.8 Å². The second-order valence-electron chi connectivity index (χ2n) is 4.29. The number of hydrogen-bond donors (Lipinski definition) is 1. The van der Waals surface area contributed by atoms with Gasteiger partial charge < -0.3 is 9.73 Å². The second-order valence-corrected chi connectivity index (χ2v) is 4.29. The van der Waals surface area contributed by atoms with Crippen molar-refractivity contribution in [2.75, 3.05) is 5.32 Å². The minimum absolute atomic E-state index is 0.0289. The number of benzene rings is 1. The number of nitriles is 1. The van der Waals surface area contributed by atoms with Gasteiger partial charge in [0.15, 0.2) is 0 Å². The maximum absolute atomic E-state index is 13.0. The van der Waals surface area contributed by atoms with Gasteiger partial charge in [-0.1, -0.05) is 0 Å². The smallest absolute Gasteiger partial charge is 0.418 e. The van der Waals surface area contributed by atoms with Crippen LogP contribution in [0.5, 0.6) is 0 Å². The molecule has 1 atom stereocenters. The summed E-state index contributed by atoms with van der Waals surface area (Å²) in [7, 11) is 0. The molecule has 0 fully saturated rings. The minimum atomic E-state index is -4.52. The zero-order valence-electron chi connectivity index (χ0n) is 10.5. The van der Waals surface area contributed by atoms with Crippen LogP contribution in [0.15, 0.2) is 41.2 Å². The lowest BCUT2D eigenvalue weighted by molar-refractivity contribution is -0.137. The molecule has 1 aromatic carbocycles. The van der Waals surface area contributed by atoms with Gasteiger partial charge in [-0.3, -0.25) is 0 Å². The van der Waals surface area contributed by atoms with Crippen LogP contribution in [-0.4, -0.2) is 0 Å². The predicted octanol–water partition coefficient (Wildman–Crippen LogP) is 4.34. The van der Waals surface area contributed by atoms with E-state index in [0.29, 0.717) is 0 Å². The number of furan rings is 1. The lowest BCUT2D eigenvalue weighted by Gasteiger charge is -2.18. The van der Waals surface area contributed by atoms with Crippen LogP contribution in [0.2, 0.25) is 0 Å². The van der Waals surface area contributed by atoms with E-state index in [2.05, 4.69) is 5.32 Å². The van der Waals surface area contributed by atoms with E-state index in [1.165, 1.54) is 24.7 Å². The van der Waals surface area contributed by atoms with Crippen molar-refractivity contribution in [3.63, 3.8) is 0 Å². The maximum atomic E-state index is 13.0. The summed E-state index contributed by atoms with van der Waals surface area (Å²) in [5.41, 5.74) is -0.210. The molecule has 6 heteroatoms. The van der Waals surface area contributed by atoms with Gasteiger partial charge in [-0.05, 0) is 31.2 Å². The van der Waals surface area contributed by atoms with Crippen molar-refractivity contribution < 1.29 is 17.6 Å². The number of nitrogens with zero attached hydrogens (tertiary/aromatic N) is 1. The Morgan fingerprint density at radius 1 is 1.30 bits per heavy atom. The molecule has 0 aliphatic rings. The van der Waals surface area contributed by atoms with E-state index >= 15 is 0 Å². The molecule has 0 aliphatic carbocycles. The molecular weight excluding hydrogens is 269 g/mol. The van der Waals surface area contributed by atoms with Crippen molar-refractivity contribution >= 4 is 5.69 Å². The fourth-order valence-electron chi connectivity index (χ4n) is 1.81. The first-order chi connectivity index (χ1) is 9.41. The molecule has 0 radical (unpaired) electrons. The fraction of sp³-hybridized carbons (Fsp3) is 0.214. The normalized spacial score (nSPS) is 12.8. The Morgan fingerprint density at radius 2 is 2.05 bits per heavy atom. The summed E-state index contributed by atoms with van der Waals surface area (Å²) in [6.45, 7) is 1.73. The third-order valence-corrected chi connectivity index (χ3v) is 2.87. The number of anilines is 1. The van der Waals surface area contributed by atoms with Crippen LogP contribution in [0, 0.1) is 11.3 Å². The molecule has 0 aliphatic heterocycles. The van der Waals surface area contributed by atoms with Gasteiger partial charge >= 0.3 is 6.18 Å². The summed E-state index contributed by atoms with van der Waals surface area (Å²) < 4.78 is 43.9. The average molecular weight is 280 g/mol. The molecule has 0 saturated heterocycles. The van der Waals surface area contributed by atoms with Crippen molar-refractivity contribution in [3.05, 3.63) is 53.5 Å². The molecule has 104 valence electrons. The molecule has 1 heterocycles. The maximum Gasteiger partial charge on any atom is 0.418 e. The highest BCUT2D eigenvalue weighted by molar-refractivity contribution is 5.57. The first kappa shape index (κ1) is 14.0. The van der Waals surface area contributed by atoms with Crippen molar-refractivity contribution in [1.82, 2.24) is 0 Å². The van der Waals surface area contributed by atoms with Gasteiger partial charge in [0.2, 0.25) is 0 Å². The van der Waals surface area contributed by atoms with Crippen LogP contribution in [0.1, 0.15) is 29.7 Å². The molecule has 2 aromatic rings. The van der Waals surface area contributed by atoms with Crippen LogP contribution in [-0.2, 0) is 6.18 Å². The Morgan fingerprint density at radius 3 is 2.60 bits per heavy atom. The van der Waals surface area contributed by atoms with Gasteiger partial charge in [0.1, 0.15) is 0 Å². The highest BCUT2D eigenvalue weighted by Crippen LogP contribution is 2.36. The number of nitrogens with one attached hydrogen (secondary N) is 1. The molecule has 1 N–H and O–H groups in total. The minimum Gasteiger partial charge on any atom is -0.472 e. The van der Waals surface area contributed by atoms with E-state index in [-0.39, 0.29) is 17.3 Å². The molecular formula is C14H11F3N2O. The summed E-state index contributed by atoms with van der Waals surface area (Å²) in [5, 5.41) is 11.5. The molecule has 0 saturated carbocycles. The Hall–Kier alpha value is -2.42. The molecule has 1 aromatic heterocycles. The van der Waals surface area contributed by atoms with E-state index in [1.807, 2.05) is 0 Å². The lowest BCUT2D eigenvalue weighted by Crippen LogP contribution is -2.13. The van der Waals surface area contributed by atoms with Crippen molar-refractivity contribution in [2.45, 2.75) is 19.1 Å². The van der Waals surface area contributed by atoms with Gasteiger partial charge in [-0.25, -0.2) is 0 Å². The van der Waals surface area contributed by atoms with E-state index in [9.17, 15) is 13.2 Å². The topological polar surface area (TPSA) is 49.0 Å². The molecule has 1 unspecified atom stereocenters. The van der Waals surface area contributed by atoms with Crippen molar-refractivity contribution in [3.8, 4) is 6.07 Å². The summed E-state index contributed by atoms with van der Waals surface area (Å²) in [5.74, 6) is 0. The molecule has 3 nitrogen and oxygen atoms in total. The zero-order chi connectivity index (χ0) is 14.8. The van der Waals surface area contributed by atoms with E-state index < -0.39 is 11.7 Å². The Labute approximate surface area is 113 Å². The average Bonchev–Trinajstić information content (AvgIpc) is 2.91. The highest BCUT2D eigenvalue weighted by atomic mass is 19.4. The van der Waals surface area contributed by atoms with Crippen molar-refractivity contribution in [1.29, 1.82) is 5.26 Å². The van der Waals surface area contributed by atoms with Gasteiger partial charge in [0.25, 0.3) is 0 Å². The monoisotopic (exact) mass is 280 g/mol. The quantitative estimate of drug-likeness (QED) is 0.909. The standard InChI is InChI=1S/C14H11F3N2O/c1-9(11-4-5-20-8-11)19-13-3-2-10(7-18)6-12(13)14(15,16)17/h2-6,8-9,19H,1H3. The van der Waals surface area contributed by atoms with E-state index in [0.717, 1.165) is 11.6 Å². The summed E-state index contributed by atoms with van der Waals surface area (Å²) >= 11 is 0. The first-order valence-electron chi connectivity index (χ1n) is 5.82. The lowest BCUT2D eigenvalue weighted by atomic mass is 10.1. The number of halogens is 3. The molecule has 20 heavy (non-hydrogen) atoms. The third kappa shape index (κ3) is 2.94. The second kappa shape index (κ2) is 5.29. The highest BCUT2D eigenvalue weighted by Gasteiger charge is 2.34. The van der Waals surface area contributed by atoms with Crippen LogP contribution in [0.25, 0.3) is 0 Å². The van der Waals surface area contributed by atoms with Crippen LogP contribution >= 0.6 is 0 Å². The zero-order valence-corrected chi connectivity index (χ0v) is 10.5. The molecule has 0 amide bonds. The van der Waals surface area contributed by atoms with Gasteiger partial charge in [0, 0.05) is 11.3 Å². The number of alkyl halides is 3. The van der Waals surface area contributed by atoms with Crippen LogP contribution in [0.4, 0.5) is 18.9 Å². The van der Waals surface area contributed by atoms with Gasteiger partial charge in [-0.2, -0.15) is 18.4 Å². The molecule has 0 bridgehead atoms. The van der Waals surface area contributed by atoms with E-state index in [1.54, 1.807) is 19.1 Å². The molecule has 0 spiro atoms. The first-order valence-corrected chi connectivity index (χ1v) is 5.82. The fourth-order valence-corrected chi connectivity index (χ4v) is 1.81. The number of rotatable bonds is 3. The van der Waals surface area contributed by atoms with Gasteiger partial charge in [-0.15, -0.1) is 0 Å². The predicted molar refractivity (Wildman–Crippen MR) is 66.9 cm³/mol. The Bertz CT molecular complexity index is 627. The number of hydrogen-bond acceptors (Lipinski definition) is 3.